The Balaban J connectivity index is 1.28. The minimum Gasteiger partial charge on any atom is -0.439 e. The number of piperazine rings is 1. The van der Waals surface area contributed by atoms with Gasteiger partial charge in [-0.05, 0) is 54.6 Å². The van der Waals surface area contributed by atoms with E-state index in [0.29, 0.717) is 36.7 Å². The molecule has 0 unspecified atom stereocenters. The molecule has 3 heterocycles. The van der Waals surface area contributed by atoms with Gasteiger partial charge in [0.15, 0.2) is 0 Å². The van der Waals surface area contributed by atoms with E-state index in [0.717, 1.165) is 36.1 Å². The van der Waals surface area contributed by atoms with E-state index in [9.17, 15) is 26.4 Å². The van der Waals surface area contributed by atoms with Crippen molar-refractivity contribution in [3.63, 3.8) is 0 Å². The van der Waals surface area contributed by atoms with E-state index in [1.54, 1.807) is 12.1 Å². The highest BCUT2D eigenvalue weighted by Gasteiger charge is 2.30. The van der Waals surface area contributed by atoms with Gasteiger partial charge in [0.2, 0.25) is 5.88 Å². The fourth-order valence-electron chi connectivity index (χ4n) is 4.29. The number of halogens is 3. The lowest BCUT2D eigenvalue weighted by molar-refractivity contribution is -0.137. The normalized spacial score (nSPS) is 14.4. The molecule has 0 radical (unpaired) electrons. The van der Waals surface area contributed by atoms with Gasteiger partial charge in [-0.1, -0.05) is 0 Å². The van der Waals surface area contributed by atoms with Gasteiger partial charge in [0.1, 0.15) is 11.4 Å². The molecular formula is C26H24F3N5O4S. The van der Waals surface area contributed by atoms with Gasteiger partial charge < -0.3 is 19.5 Å². The quantitative estimate of drug-likeness (QED) is 0.366. The number of hydrogen-bond acceptors (Lipinski definition) is 6. The summed E-state index contributed by atoms with van der Waals surface area (Å²) in [7, 11) is -2.29. The number of aryl methyl sites for hydroxylation is 1. The number of rotatable bonds is 6. The van der Waals surface area contributed by atoms with E-state index in [1.165, 1.54) is 18.3 Å². The Morgan fingerprint density at radius 1 is 1.03 bits per heavy atom. The molecule has 39 heavy (non-hydrogen) atoms. The third-order valence-electron chi connectivity index (χ3n) is 6.34. The Labute approximate surface area is 222 Å². The fraction of sp³-hybridized carbons (Fsp3) is 0.231. The van der Waals surface area contributed by atoms with Crippen LogP contribution in [0.25, 0.3) is 10.9 Å². The predicted octanol–water partition coefficient (Wildman–Crippen LogP) is 4.23. The first-order chi connectivity index (χ1) is 18.5. The summed E-state index contributed by atoms with van der Waals surface area (Å²) >= 11 is 0. The van der Waals surface area contributed by atoms with E-state index < -0.39 is 21.8 Å². The van der Waals surface area contributed by atoms with E-state index in [2.05, 4.69) is 15.0 Å². The highest BCUT2D eigenvalue weighted by Crippen LogP contribution is 2.31. The first kappa shape index (κ1) is 26.5. The number of hydrogen-bond donors (Lipinski definition) is 2. The number of nitrogens with one attached hydrogen (secondary N) is 2. The molecule has 0 spiro atoms. The maximum Gasteiger partial charge on any atom is 0.416 e. The van der Waals surface area contributed by atoms with Gasteiger partial charge in [-0.2, -0.15) is 13.2 Å². The fourth-order valence-corrected chi connectivity index (χ4v) is 5.33. The van der Waals surface area contributed by atoms with Crippen molar-refractivity contribution in [2.75, 3.05) is 30.9 Å². The summed E-state index contributed by atoms with van der Waals surface area (Å²) in [5, 5.41) is 4.04. The lowest BCUT2D eigenvalue weighted by atomic mass is 10.2. The van der Waals surface area contributed by atoms with E-state index in [-0.39, 0.29) is 22.4 Å². The molecule has 13 heteroatoms. The van der Waals surface area contributed by atoms with Crippen molar-refractivity contribution >= 4 is 32.5 Å². The smallest absolute Gasteiger partial charge is 0.416 e. The predicted molar refractivity (Wildman–Crippen MR) is 138 cm³/mol. The van der Waals surface area contributed by atoms with Gasteiger partial charge in [0, 0.05) is 50.2 Å². The first-order valence-electron chi connectivity index (χ1n) is 11.9. The summed E-state index contributed by atoms with van der Waals surface area (Å²) in [5.41, 5.74) is 0.603. The monoisotopic (exact) mass is 559 g/mol. The lowest BCUT2D eigenvalue weighted by Crippen LogP contribution is -2.46. The molecular weight excluding hydrogens is 535 g/mol. The summed E-state index contributed by atoms with van der Waals surface area (Å²) < 4.78 is 73.3. The van der Waals surface area contributed by atoms with Crippen molar-refractivity contribution in [2.45, 2.75) is 11.1 Å². The van der Waals surface area contributed by atoms with Crippen LogP contribution < -0.4 is 14.8 Å². The van der Waals surface area contributed by atoms with Crippen LogP contribution in [0.3, 0.4) is 0 Å². The van der Waals surface area contributed by atoms with Gasteiger partial charge in [-0.25, -0.2) is 13.4 Å². The Kier molecular flexibility index (Phi) is 6.95. The number of sulfonamides is 1. The standard InChI is InChI=1S/C26H24F3N5O4S/c1-33-22-8-5-20(14-17(22)15-23(33)25(35)34-12-10-30-11-13-34)38-24-9-4-19(16-31-24)32-39(36,37)21-6-2-18(3-7-21)26(27,28)29/h2-9,14-16,30,32H,10-13H2,1H3. The van der Waals surface area contributed by atoms with Crippen LogP contribution in [0.2, 0.25) is 0 Å². The van der Waals surface area contributed by atoms with Crippen LogP contribution >= 0.6 is 0 Å². The molecule has 0 atom stereocenters. The number of anilines is 1. The molecule has 9 nitrogen and oxygen atoms in total. The molecule has 5 rings (SSSR count). The van der Waals surface area contributed by atoms with Crippen LogP contribution in [0.4, 0.5) is 18.9 Å². The third-order valence-corrected chi connectivity index (χ3v) is 7.74. The number of ether oxygens (including phenoxy) is 1. The molecule has 0 aliphatic carbocycles. The molecule has 0 bridgehead atoms. The van der Waals surface area contributed by atoms with Crippen molar-refractivity contribution < 1.29 is 31.1 Å². The zero-order chi connectivity index (χ0) is 27.8. The highest BCUT2D eigenvalue weighted by atomic mass is 32.2. The molecule has 1 saturated heterocycles. The summed E-state index contributed by atoms with van der Waals surface area (Å²) in [5.74, 6) is 0.633. The SMILES string of the molecule is Cn1c(C(=O)N2CCNCC2)cc2cc(Oc3ccc(NS(=O)(=O)c4ccc(C(F)(F)F)cc4)cn3)ccc21. The number of aromatic nitrogens is 2. The number of nitrogens with zero attached hydrogens (tertiary/aromatic N) is 3. The number of pyridine rings is 1. The van der Waals surface area contributed by atoms with Crippen molar-refractivity contribution in [1.29, 1.82) is 0 Å². The second kappa shape index (κ2) is 10.2. The molecule has 1 fully saturated rings. The highest BCUT2D eigenvalue weighted by molar-refractivity contribution is 7.92. The maximum atomic E-state index is 13.0. The second-order valence-electron chi connectivity index (χ2n) is 8.97. The van der Waals surface area contributed by atoms with Crippen molar-refractivity contribution in [3.05, 3.63) is 78.1 Å². The van der Waals surface area contributed by atoms with Crippen LogP contribution in [0, 0.1) is 0 Å². The number of carbonyl (C=O) groups excluding carboxylic acids is 1. The van der Waals surface area contributed by atoms with Gasteiger partial charge >= 0.3 is 6.18 Å². The van der Waals surface area contributed by atoms with Gasteiger partial charge in [-0.3, -0.25) is 9.52 Å². The molecule has 204 valence electrons. The summed E-state index contributed by atoms with van der Waals surface area (Å²) in [6.45, 7) is 2.82. The Bertz CT molecular complexity index is 1610. The molecule has 2 aromatic heterocycles. The molecule has 0 saturated carbocycles. The topological polar surface area (TPSA) is 106 Å². The lowest BCUT2D eigenvalue weighted by Gasteiger charge is -2.27. The number of alkyl halides is 3. The van der Waals surface area contributed by atoms with Crippen molar-refractivity contribution in [2.24, 2.45) is 7.05 Å². The van der Waals surface area contributed by atoms with Gasteiger partial charge in [0.05, 0.1) is 22.3 Å². The minimum absolute atomic E-state index is 0.0336. The average molecular weight is 560 g/mol. The first-order valence-corrected chi connectivity index (χ1v) is 13.4. The van der Waals surface area contributed by atoms with Crippen LogP contribution in [-0.2, 0) is 23.2 Å². The summed E-state index contributed by atoms with van der Waals surface area (Å²) in [6, 6.07) is 13.3. The largest absolute Gasteiger partial charge is 0.439 e. The third kappa shape index (κ3) is 5.68. The molecule has 1 amide bonds. The molecule has 1 aliphatic heterocycles. The second-order valence-corrected chi connectivity index (χ2v) is 10.6. The maximum absolute atomic E-state index is 13.0. The zero-order valence-electron chi connectivity index (χ0n) is 20.7. The van der Waals surface area contributed by atoms with Gasteiger partial charge in [-0.15, -0.1) is 0 Å². The Morgan fingerprint density at radius 3 is 2.38 bits per heavy atom. The van der Waals surface area contributed by atoms with E-state index in [4.69, 9.17) is 4.74 Å². The van der Waals surface area contributed by atoms with E-state index in [1.807, 2.05) is 28.6 Å². The molecule has 1 aliphatic rings. The Hall–Kier alpha value is -4.10. The average Bonchev–Trinajstić information content (AvgIpc) is 3.25. The molecule has 2 N–H and O–H groups in total. The summed E-state index contributed by atoms with van der Waals surface area (Å²) in [4.78, 5) is 18.6. The van der Waals surface area contributed by atoms with E-state index >= 15 is 0 Å². The molecule has 4 aromatic rings. The molecule has 2 aromatic carbocycles. The van der Waals surface area contributed by atoms with Crippen molar-refractivity contribution in [1.82, 2.24) is 19.8 Å². The summed E-state index contributed by atoms with van der Waals surface area (Å²) in [6.07, 6.45) is -3.33. The van der Waals surface area contributed by atoms with Crippen LogP contribution in [0.15, 0.2) is 71.8 Å². The van der Waals surface area contributed by atoms with Crippen molar-refractivity contribution in [3.8, 4) is 11.6 Å². The van der Waals surface area contributed by atoms with Crippen LogP contribution in [-0.4, -0.2) is 55.0 Å². The number of fused-ring (bicyclic) bond motifs is 1. The minimum atomic E-state index is -4.56. The van der Waals surface area contributed by atoms with Crippen LogP contribution in [0.1, 0.15) is 16.1 Å². The number of benzene rings is 2. The number of amides is 1. The van der Waals surface area contributed by atoms with Crippen LogP contribution in [0.5, 0.6) is 11.6 Å². The Morgan fingerprint density at radius 2 is 1.74 bits per heavy atom. The van der Waals surface area contributed by atoms with Gasteiger partial charge in [0.25, 0.3) is 15.9 Å². The number of carbonyl (C=O) groups is 1. The zero-order valence-corrected chi connectivity index (χ0v) is 21.5.